The third-order valence-electron chi connectivity index (χ3n) is 3.05. The zero-order chi connectivity index (χ0) is 16.1. The maximum atomic E-state index is 11.9. The Morgan fingerprint density at radius 1 is 1.23 bits per heavy atom. The van der Waals surface area contributed by atoms with Gasteiger partial charge in [0, 0.05) is 11.3 Å². The second-order valence-electron chi connectivity index (χ2n) is 4.49. The van der Waals surface area contributed by atoms with Gasteiger partial charge in [-0.05, 0) is 30.7 Å². The average Bonchev–Trinajstić information content (AvgIpc) is 2.52. The molecule has 6 nitrogen and oxygen atoms in total. The lowest BCUT2D eigenvalue weighted by Crippen LogP contribution is -2.12. The third kappa shape index (κ3) is 2.92. The number of hydrogen-bond acceptors (Lipinski definition) is 5. The third-order valence-corrected chi connectivity index (χ3v) is 3.05. The number of hydrogen-bond donors (Lipinski definition) is 1. The number of H-pyrrole nitrogens is 1. The molecule has 6 heteroatoms. The molecule has 1 aromatic heterocycles. The number of methoxy groups -OCH3 is 1. The molecule has 0 aliphatic rings. The Bertz CT molecular complexity index is 841. The Morgan fingerprint density at radius 2 is 2.00 bits per heavy atom. The first kappa shape index (κ1) is 15.1. The summed E-state index contributed by atoms with van der Waals surface area (Å²) in [7, 11) is 1.49. The maximum absolute atomic E-state index is 11.9. The molecule has 0 spiro atoms. The zero-order valence-electron chi connectivity index (χ0n) is 12.1. The van der Waals surface area contributed by atoms with Gasteiger partial charge >= 0.3 is 0 Å². The van der Waals surface area contributed by atoms with E-state index in [4.69, 9.17) is 14.7 Å². The van der Waals surface area contributed by atoms with E-state index in [-0.39, 0.29) is 12.2 Å². The molecule has 2 aromatic rings. The van der Waals surface area contributed by atoms with Crippen LogP contribution in [-0.2, 0) is 0 Å². The summed E-state index contributed by atoms with van der Waals surface area (Å²) in [6.07, 6.45) is 0. The predicted octanol–water partition coefficient (Wildman–Crippen LogP) is 2.13. The predicted molar refractivity (Wildman–Crippen MR) is 79.6 cm³/mol. The summed E-state index contributed by atoms with van der Waals surface area (Å²) in [5.41, 5.74) is 1.39. The summed E-state index contributed by atoms with van der Waals surface area (Å²) in [6.45, 7) is 1.61. The highest BCUT2D eigenvalue weighted by atomic mass is 16.5. The number of nitrogens with zero attached hydrogens (tertiary/aromatic N) is 2. The van der Waals surface area contributed by atoms with Crippen LogP contribution in [0.25, 0.3) is 11.1 Å². The zero-order valence-corrected chi connectivity index (χ0v) is 12.1. The summed E-state index contributed by atoms with van der Waals surface area (Å²) in [4.78, 5) is 14.5. The minimum atomic E-state index is -0.437. The van der Waals surface area contributed by atoms with Crippen molar-refractivity contribution in [1.29, 1.82) is 10.5 Å². The molecule has 0 aliphatic heterocycles. The van der Waals surface area contributed by atoms with Gasteiger partial charge < -0.3 is 14.5 Å². The van der Waals surface area contributed by atoms with Crippen molar-refractivity contribution in [3.8, 4) is 34.8 Å². The molecule has 0 amide bonds. The number of nitrogens with one attached hydrogen (secondary N) is 1. The fourth-order valence-electron chi connectivity index (χ4n) is 2.09. The van der Waals surface area contributed by atoms with Gasteiger partial charge in [0.05, 0.1) is 7.11 Å². The Labute approximate surface area is 127 Å². The Balaban J connectivity index is 2.62. The average molecular weight is 295 g/mol. The minimum absolute atomic E-state index is 0.0296. The van der Waals surface area contributed by atoms with E-state index >= 15 is 0 Å². The Kier molecular flexibility index (Phi) is 4.45. The standard InChI is InChI=1S/C16H13N3O3/c1-10-7-12(13(9-18)16(20)19-10)11-3-4-14(21-2)15(8-11)22-6-5-17/h3-4,7-8H,6H2,1-2H3,(H,19,20). The van der Waals surface area contributed by atoms with Crippen LogP contribution in [0.3, 0.4) is 0 Å². The molecule has 0 fully saturated rings. The summed E-state index contributed by atoms with van der Waals surface area (Å²) in [5, 5.41) is 17.8. The van der Waals surface area contributed by atoms with E-state index in [0.29, 0.717) is 28.3 Å². The number of pyridine rings is 1. The second kappa shape index (κ2) is 6.47. The summed E-state index contributed by atoms with van der Waals surface area (Å²) in [6, 6.07) is 10.6. The first-order valence-electron chi connectivity index (χ1n) is 6.43. The van der Waals surface area contributed by atoms with Crippen molar-refractivity contribution in [3.05, 3.63) is 45.9 Å². The fraction of sp³-hybridized carbons (Fsp3) is 0.188. The van der Waals surface area contributed by atoms with Gasteiger partial charge in [0.1, 0.15) is 17.7 Å². The van der Waals surface area contributed by atoms with E-state index in [2.05, 4.69) is 4.98 Å². The molecule has 22 heavy (non-hydrogen) atoms. The highest BCUT2D eigenvalue weighted by Crippen LogP contribution is 2.33. The van der Waals surface area contributed by atoms with Crippen molar-refractivity contribution in [2.24, 2.45) is 0 Å². The van der Waals surface area contributed by atoms with Crippen LogP contribution in [0.15, 0.2) is 29.1 Å². The molecule has 0 radical (unpaired) electrons. The van der Waals surface area contributed by atoms with Crippen molar-refractivity contribution in [2.75, 3.05) is 13.7 Å². The van der Waals surface area contributed by atoms with E-state index in [1.807, 2.05) is 12.1 Å². The maximum Gasteiger partial charge on any atom is 0.266 e. The van der Waals surface area contributed by atoms with Gasteiger partial charge in [-0.3, -0.25) is 4.79 Å². The highest BCUT2D eigenvalue weighted by molar-refractivity contribution is 5.72. The number of ether oxygens (including phenoxy) is 2. The lowest BCUT2D eigenvalue weighted by atomic mass is 10.0. The normalized spacial score (nSPS) is 9.64. The van der Waals surface area contributed by atoms with E-state index in [1.54, 1.807) is 31.2 Å². The van der Waals surface area contributed by atoms with Gasteiger partial charge in [0.2, 0.25) is 0 Å². The molecule has 0 saturated carbocycles. The van der Waals surface area contributed by atoms with Gasteiger partial charge in [-0.2, -0.15) is 10.5 Å². The number of aryl methyl sites for hydroxylation is 1. The molecule has 2 rings (SSSR count). The SMILES string of the molecule is COc1ccc(-c2cc(C)[nH]c(=O)c2C#N)cc1OCC#N. The molecule has 0 unspecified atom stereocenters. The highest BCUT2D eigenvalue weighted by Gasteiger charge is 2.13. The first-order valence-corrected chi connectivity index (χ1v) is 6.43. The number of aromatic amines is 1. The Hall–Kier alpha value is -3.25. The van der Waals surface area contributed by atoms with Crippen molar-refractivity contribution in [2.45, 2.75) is 6.92 Å². The van der Waals surface area contributed by atoms with Crippen LogP contribution in [0.2, 0.25) is 0 Å². The van der Waals surface area contributed by atoms with Crippen LogP contribution in [-0.4, -0.2) is 18.7 Å². The van der Waals surface area contributed by atoms with Gasteiger partial charge in [-0.1, -0.05) is 6.07 Å². The molecular weight excluding hydrogens is 282 g/mol. The number of nitriles is 2. The van der Waals surface area contributed by atoms with Crippen molar-refractivity contribution >= 4 is 0 Å². The molecular formula is C16H13N3O3. The molecule has 0 saturated heterocycles. The lowest BCUT2D eigenvalue weighted by molar-refractivity contribution is 0.330. The molecule has 0 aliphatic carbocycles. The summed E-state index contributed by atoms with van der Waals surface area (Å²) in [5.74, 6) is 0.849. The lowest BCUT2D eigenvalue weighted by Gasteiger charge is -2.11. The first-order chi connectivity index (χ1) is 10.6. The second-order valence-corrected chi connectivity index (χ2v) is 4.49. The van der Waals surface area contributed by atoms with Gasteiger partial charge in [-0.25, -0.2) is 0 Å². The monoisotopic (exact) mass is 295 g/mol. The molecule has 110 valence electrons. The van der Waals surface area contributed by atoms with Crippen molar-refractivity contribution in [1.82, 2.24) is 4.98 Å². The number of aromatic nitrogens is 1. The van der Waals surface area contributed by atoms with Gasteiger partial charge in [0.25, 0.3) is 5.56 Å². The summed E-state index contributed by atoms with van der Waals surface area (Å²) < 4.78 is 10.5. The van der Waals surface area contributed by atoms with Crippen LogP contribution in [0.4, 0.5) is 0 Å². The van der Waals surface area contributed by atoms with E-state index in [1.165, 1.54) is 7.11 Å². The Morgan fingerprint density at radius 3 is 2.64 bits per heavy atom. The topological polar surface area (TPSA) is 98.9 Å². The summed E-state index contributed by atoms with van der Waals surface area (Å²) >= 11 is 0. The smallest absolute Gasteiger partial charge is 0.266 e. The van der Waals surface area contributed by atoms with Crippen LogP contribution < -0.4 is 15.0 Å². The van der Waals surface area contributed by atoms with Gasteiger partial charge in [0.15, 0.2) is 18.1 Å². The van der Waals surface area contributed by atoms with Crippen LogP contribution >= 0.6 is 0 Å². The van der Waals surface area contributed by atoms with E-state index in [0.717, 1.165) is 0 Å². The fourth-order valence-corrected chi connectivity index (χ4v) is 2.09. The number of rotatable bonds is 4. The van der Waals surface area contributed by atoms with Gasteiger partial charge in [-0.15, -0.1) is 0 Å². The largest absolute Gasteiger partial charge is 0.493 e. The van der Waals surface area contributed by atoms with Crippen LogP contribution in [0.1, 0.15) is 11.3 Å². The molecule has 1 aromatic carbocycles. The molecule has 1 heterocycles. The van der Waals surface area contributed by atoms with E-state index in [9.17, 15) is 10.1 Å². The quantitative estimate of drug-likeness (QED) is 0.931. The van der Waals surface area contributed by atoms with Crippen LogP contribution in [0.5, 0.6) is 11.5 Å². The molecule has 1 N–H and O–H groups in total. The minimum Gasteiger partial charge on any atom is -0.493 e. The molecule has 0 atom stereocenters. The van der Waals surface area contributed by atoms with E-state index < -0.39 is 5.56 Å². The molecule has 0 bridgehead atoms. The van der Waals surface area contributed by atoms with Crippen LogP contribution in [0, 0.1) is 29.6 Å². The van der Waals surface area contributed by atoms with Crippen molar-refractivity contribution in [3.63, 3.8) is 0 Å². The number of benzene rings is 1. The van der Waals surface area contributed by atoms with Crippen molar-refractivity contribution < 1.29 is 9.47 Å².